The molecule has 1 saturated heterocycles. The highest BCUT2D eigenvalue weighted by molar-refractivity contribution is 7.20. The summed E-state index contributed by atoms with van der Waals surface area (Å²) in [6, 6.07) is 9.88. The average Bonchev–Trinajstić information content (AvgIpc) is 3.07. The molecule has 1 amide bonds. The largest absolute Gasteiger partial charge is 0.383 e. The van der Waals surface area contributed by atoms with E-state index in [1.54, 1.807) is 4.90 Å². The number of aromatic nitrogens is 2. The van der Waals surface area contributed by atoms with Gasteiger partial charge in [0.15, 0.2) is 0 Å². The topological polar surface area (TPSA) is 84.1 Å². The number of nitrogens with two attached hydrogens (primary N) is 1. The van der Waals surface area contributed by atoms with Gasteiger partial charge in [-0.05, 0) is 30.9 Å². The van der Waals surface area contributed by atoms with Crippen LogP contribution in [0.4, 0.5) is 14.6 Å². The summed E-state index contributed by atoms with van der Waals surface area (Å²) >= 11 is 1.32. The zero-order valence-corrected chi connectivity index (χ0v) is 18.1. The third kappa shape index (κ3) is 4.99. The molecule has 0 saturated carbocycles. The van der Waals surface area contributed by atoms with E-state index in [0.29, 0.717) is 53.7 Å². The lowest BCUT2D eigenvalue weighted by Gasteiger charge is -2.31. The number of thiophene rings is 1. The molecule has 0 atom stereocenters. The summed E-state index contributed by atoms with van der Waals surface area (Å²) in [5.41, 5.74) is 8.08. The van der Waals surface area contributed by atoms with Crippen molar-refractivity contribution in [2.75, 3.05) is 25.4 Å². The van der Waals surface area contributed by atoms with Crippen LogP contribution < -0.4 is 11.1 Å². The highest BCUT2D eigenvalue weighted by atomic mass is 32.1. The number of carbonyl (C=O) groups is 1. The second-order valence-electron chi connectivity index (χ2n) is 7.86. The zero-order chi connectivity index (χ0) is 22.0. The Hall–Kier alpha value is -2.65. The van der Waals surface area contributed by atoms with Gasteiger partial charge >= 0.3 is 0 Å². The number of amides is 1. The first-order valence-electron chi connectivity index (χ1n) is 10.3. The normalized spacial score (nSPS) is 15.6. The van der Waals surface area contributed by atoms with E-state index in [2.05, 4.69) is 15.3 Å². The van der Waals surface area contributed by atoms with Gasteiger partial charge in [-0.25, -0.2) is 18.7 Å². The van der Waals surface area contributed by atoms with Crippen LogP contribution in [0.25, 0.3) is 10.2 Å². The first-order chi connectivity index (χ1) is 14.9. The number of carbonyl (C=O) groups excluding carboxylic acids is 1. The monoisotopic (exact) mass is 445 g/mol. The molecular formula is C22H25F2N5OS. The summed E-state index contributed by atoms with van der Waals surface area (Å²) in [4.78, 5) is 25.0. The minimum atomic E-state index is -2.33. The van der Waals surface area contributed by atoms with E-state index in [4.69, 9.17) is 5.73 Å². The van der Waals surface area contributed by atoms with Crippen LogP contribution in [0.1, 0.15) is 39.5 Å². The molecule has 1 aromatic carbocycles. The van der Waals surface area contributed by atoms with Crippen molar-refractivity contribution in [3.63, 3.8) is 0 Å². The quantitative estimate of drug-likeness (QED) is 0.605. The Morgan fingerprint density at radius 2 is 1.97 bits per heavy atom. The minimum Gasteiger partial charge on any atom is -0.383 e. The fourth-order valence-corrected chi connectivity index (χ4v) is 5.11. The highest BCUT2D eigenvalue weighted by Crippen LogP contribution is 2.33. The lowest BCUT2D eigenvalue weighted by atomic mass is 10.0. The van der Waals surface area contributed by atoms with Gasteiger partial charge in [-0.3, -0.25) is 9.69 Å². The molecule has 3 heterocycles. The number of aryl methyl sites for hydroxylation is 1. The molecule has 3 aromatic rings. The summed E-state index contributed by atoms with van der Waals surface area (Å²) in [7, 11) is 0. The summed E-state index contributed by atoms with van der Waals surface area (Å²) < 4.78 is 25.1. The van der Waals surface area contributed by atoms with Crippen LogP contribution in [0.2, 0.25) is 0 Å². The molecule has 6 nitrogen and oxygen atoms in total. The van der Waals surface area contributed by atoms with Gasteiger partial charge in [-0.15, -0.1) is 11.3 Å². The third-order valence-corrected chi connectivity index (χ3v) is 6.78. The minimum absolute atomic E-state index is 0.0249. The number of fused-ring (bicyclic) bond motifs is 1. The Bertz CT molecular complexity index is 1060. The summed E-state index contributed by atoms with van der Waals surface area (Å²) in [5.74, 6) is 0.830. The van der Waals surface area contributed by atoms with Gasteiger partial charge in [0.1, 0.15) is 16.5 Å². The Morgan fingerprint density at radius 3 is 2.65 bits per heavy atom. The molecule has 1 fully saturated rings. The van der Waals surface area contributed by atoms with E-state index in [0.717, 1.165) is 16.5 Å². The molecular weight excluding hydrogens is 420 g/mol. The molecule has 0 radical (unpaired) electrons. The van der Waals surface area contributed by atoms with Crippen LogP contribution in [0.15, 0.2) is 30.3 Å². The fraction of sp³-hybridized carbons (Fsp3) is 0.409. The number of nitrogens with one attached hydrogen (secondary N) is 1. The van der Waals surface area contributed by atoms with E-state index < -0.39 is 6.43 Å². The second-order valence-corrected chi connectivity index (χ2v) is 8.86. The molecule has 9 heteroatoms. The Balaban J connectivity index is 1.48. The maximum absolute atomic E-state index is 12.9. The fourth-order valence-electron chi connectivity index (χ4n) is 4.00. The van der Waals surface area contributed by atoms with Crippen molar-refractivity contribution in [1.29, 1.82) is 0 Å². The lowest BCUT2D eigenvalue weighted by Crippen LogP contribution is -2.45. The molecule has 164 valence electrons. The van der Waals surface area contributed by atoms with Gasteiger partial charge in [-0.1, -0.05) is 30.3 Å². The number of hydrogen-bond acceptors (Lipinski definition) is 6. The van der Waals surface area contributed by atoms with Crippen molar-refractivity contribution in [2.24, 2.45) is 0 Å². The van der Waals surface area contributed by atoms with Crippen molar-refractivity contribution in [3.05, 3.63) is 52.2 Å². The maximum Gasteiger partial charge on any atom is 0.261 e. The predicted molar refractivity (Wildman–Crippen MR) is 119 cm³/mol. The van der Waals surface area contributed by atoms with Gasteiger partial charge in [0, 0.05) is 25.6 Å². The van der Waals surface area contributed by atoms with Gasteiger partial charge in [0.05, 0.1) is 16.8 Å². The van der Waals surface area contributed by atoms with Crippen molar-refractivity contribution in [1.82, 2.24) is 20.2 Å². The van der Waals surface area contributed by atoms with Crippen LogP contribution in [-0.4, -0.2) is 52.9 Å². The van der Waals surface area contributed by atoms with Crippen LogP contribution in [-0.2, 0) is 6.42 Å². The summed E-state index contributed by atoms with van der Waals surface area (Å²) in [6.07, 6.45) is -0.445. The Morgan fingerprint density at radius 1 is 1.26 bits per heavy atom. The van der Waals surface area contributed by atoms with Crippen LogP contribution >= 0.6 is 11.3 Å². The van der Waals surface area contributed by atoms with Crippen molar-refractivity contribution >= 4 is 33.3 Å². The molecule has 1 aliphatic heterocycles. The average molecular weight is 446 g/mol. The summed E-state index contributed by atoms with van der Waals surface area (Å²) in [6.45, 7) is 2.76. The number of anilines is 1. The molecule has 1 aliphatic rings. The number of nitrogen functional groups attached to an aromatic ring is 1. The molecule has 31 heavy (non-hydrogen) atoms. The third-order valence-electron chi connectivity index (χ3n) is 5.59. The Kier molecular flexibility index (Phi) is 6.43. The first kappa shape index (κ1) is 21.6. The molecule has 3 N–H and O–H groups in total. The van der Waals surface area contributed by atoms with Crippen molar-refractivity contribution in [2.45, 2.75) is 38.7 Å². The van der Waals surface area contributed by atoms with Crippen molar-refractivity contribution < 1.29 is 13.6 Å². The summed E-state index contributed by atoms with van der Waals surface area (Å²) in [5, 5.41) is 3.77. The number of piperidine rings is 1. The van der Waals surface area contributed by atoms with Crippen molar-refractivity contribution in [3.8, 4) is 0 Å². The van der Waals surface area contributed by atoms with Gasteiger partial charge < -0.3 is 11.1 Å². The van der Waals surface area contributed by atoms with Gasteiger partial charge in [0.2, 0.25) is 0 Å². The van der Waals surface area contributed by atoms with E-state index in [-0.39, 0.29) is 18.5 Å². The molecule has 0 aliphatic carbocycles. The van der Waals surface area contributed by atoms with E-state index in [1.807, 2.05) is 37.3 Å². The van der Waals surface area contributed by atoms with Crippen LogP contribution in [0.5, 0.6) is 0 Å². The van der Waals surface area contributed by atoms with E-state index in [9.17, 15) is 13.6 Å². The number of nitrogens with zero attached hydrogens (tertiary/aromatic N) is 3. The zero-order valence-electron chi connectivity index (χ0n) is 17.3. The number of halogens is 2. The van der Waals surface area contributed by atoms with Crippen LogP contribution in [0.3, 0.4) is 0 Å². The number of alkyl halides is 2. The van der Waals surface area contributed by atoms with E-state index >= 15 is 0 Å². The maximum atomic E-state index is 12.9. The first-order valence-corrected chi connectivity index (χ1v) is 11.1. The molecule has 0 bridgehead atoms. The number of likely N-dealkylation sites (tertiary alicyclic amines) is 1. The Labute approximate surface area is 183 Å². The van der Waals surface area contributed by atoms with Gasteiger partial charge in [-0.2, -0.15) is 0 Å². The lowest BCUT2D eigenvalue weighted by molar-refractivity contribution is 0.0697. The number of rotatable bonds is 6. The van der Waals surface area contributed by atoms with Gasteiger partial charge in [0.25, 0.3) is 12.3 Å². The molecule has 0 unspecified atom stereocenters. The molecule has 4 rings (SSSR count). The van der Waals surface area contributed by atoms with Crippen LogP contribution in [0, 0.1) is 6.92 Å². The molecule has 0 spiro atoms. The SMILES string of the molecule is Cc1c(C(=O)NC2CCN(CC(F)F)CC2)sc2nc(Cc3ccccc3)nc(N)c12. The number of benzene rings is 1. The smallest absolute Gasteiger partial charge is 0.261 e. The van der Waals surface area contributed by atoms with E-state index in [1.165, 1.54) is 11.3 Å². The standard InChI is InChI=1S/C22H25F2N5OS/c1-13-18-20(25)27-17(11-14-5-3-2-4-6-14)28-22(18)31-19(13)21(30)26-15-7-9-29(10-8-15)12-16(23)24/h2-6,15-16H,7-12H2,1H3,(H,26,30)(H2,25,27,28). The second kappa shape index (κ2) is 9.23. The predicted octanol–water partition coefficient (Wildman–Crippen LogP) is 3.63. The number of hydrogen-bond donors (Lipinski definition) is 2. The molecule has 2 aromatic heterocycles. The highest BCUT2D eigenvalue weighted by Gasteiger charge is 2.25.